The van der Waals surface area contributed by atoms with Gasteiger partial charge in [0.2, 0.25) is 5.91 Å². The van der Waals surface area contributed by atoms with Gasteiger partial charge in [0, 0.05) is 18.2 Å². The largest absolute Gasteiger partial charge is 0.350 e. The molecule has 0 aliphatic heterocycles. The second-order valence-corrected chi connectivity index (χ2v) is 7.01. The van der Waals surface area contributed by atoms with Crippen molar-refractivity contribution in [1.82, 2.24) is 20.2 Å². The Morgan fingerprint density at radius 1 is 1.07 bits per heavy atom. The average molecular weight is 378 g/mol. The van der Waals surface area contributed by atoms with Crippen LogP contribution in [0.3, 0.4) is 0 Å². The lowest BCUT2D eigenvalue weighted by Gasteiger charge is -2.15. The summed E-state index contributed by atoms with van der Waals surface area (Å²) in [6.07, 6.45) is 2.58. The number of carbonyl (C=O) groups is 2. The normalized spacial score (nSPS) is 13.1. The van der Waals surface area contributed by atoms with Crippen LogP contribution in [0.4, 0.5) is 0 Å². The summed E-state index contributed by atoms with van der Waals surface area (Å²) in [5.41, 5.74) is 3.36. The SMILES string of the molecule is CC[C@@H](C)NC(=O)c1ccc(CNC(=O)[C@H](C)n2cnc3ccccc32)cc1. The monoisotopic (exact) mass is 378 g/mol. The van der Waals surface area contributed by atoms with E-state index in [2.05, 4.69) is 15.6 Å². The molecule has 0 spiro atoms. The molecule has 2 amide bonds. The molecule has 0 aliphatic carbocycles. The first kappa shape index (κ1) is 19.6. The molecular weight excluding hydrogens is 352 g/mol. The minimum absolute atomic E-state index is 0.0782. The molecule has 2 atom stereocenters. The number of nitrogens with one attached hydrogen (secondary N) is 2. The molecule has 0 saturated heterocycles. The standard InChI is InChI=1S/C22H26N4O2/c1-4-15(2)25-22(28)18-11-9-17(10-12-18)13-23-21(27)16(3)26-14-24-19-7-5-6-8-20(19)26/h5-12,14-16H,4,13H2,1-3H3,(H,23,27)(H,25,28)/t15-,16+/m1/s1. The van der Waals surface area contributed by atoms with Crippen LogP contribution in [0.1, 0.15) is 49.2 Å². The van der Waals surface area contributed by atoms with Crippen molar-refractivity contribution >= 4 is 22.8 Å². The van der Waals surface area contributed by atoms with Gasteiger partial charge >= 0.3 is 0 Å². The number of fused-ring (bicyclic) bond motifs is 1. The summed E-state index contributed by atoms with van der Waals surface area (Å²) in [7, 11) is 0. The highest BCUT2D eigenvalue weighted by molar-refractivity contribution is 5.94. The molecule has 6 heteroatoms. The van der Waals surface area contributed by atoms with Crippen LogP contribution in [0, 0.1) is 0 Å². The van der Waals surface area contributed by atoms with E-state index in [0.29, 0.717) is 12.1 Å². The summed E-state index contributed by atoms with van der Waals surface area (Å²) in [5.74, 6) is -0.160. The Hall–Kier alpha value is -3.15. The molecule has 0 aliphatic rings. The maximum absolute atomic E-state index is 12.6. The van der Waals surface area contributed by atoms with E-state index in [9.17, 15) is 9.59 Å². The van der Waals surface area contributed by atoms with Crippen molar-refractivity contribution in [2.75, 3.05) is 0 Å². The third-order valence-corrected chi connectivity index (χ3v) is 4.95. The Bertz CT molecular complexity index is 962. The third-order valence-electron chi connectivity index (χ3n) is 4.95. The van der Waals surface area contributed by atoms with E-state index < -0.39 is 0 Å². The number of para-hydroxylation sites is 2. The van der Waals surface area contributed by atoms with Crippen molar-refractivity contribution in [3.05, 3.63) is 66.0 Å². The van der Waals surface area contributed by atoms with Gasteiger partial charge in [-0.2, -0.15) is 0 Å². The van der Waals surface area contributed by atoms with Crippen LogP contribution in [0.25, 0.3) is 11.0 Å². The molecule has 2 N–H and O–H groups in total. The van der Waals surface area contributed by atoms with Gasteiger partial charge in [-0.3, -0.25) is 9.59 Å². The van der Waals surface area contributed by atoms with Crippen LogP contribution >= 0.6 is 0 Å². The summed E-state index contributed by atoms with van der Waals surface area (Å²) in [4.78, 5) is 29.0. The molecule has 1 heterocycles. The predicted octanol–water partition coefficient (Wildman–Crippen LogP) is 3.44. The number of hydrogen-bond acceptors (Lipinski definition) is 3. The van der Waals surface area contributed by atoms with E-state index in [4.69, 9.17) is 0 Å². The van der Waals surface area contributed by atoms with Gasteiger partial charge in [0.05, 0.1) is 17.4 Å². The van der Waals surface area contributed by atoms with Gasteiger partial charge in [0.25, 0.3) is 5.91 Å². The Balaban J connectivity index is 1.59. The summed E-state index contributed by atoms with van der Waals surface area (Å²) in [6.45, 7) is 6.27. The van der Waals surface area contributed by atoms with Gasteiger partial charge in [-0.15, -0.1) is 0 Å². The molecule has 146 valence electrons. The highest BCUT2D eigenvalue weighted by Crippen LogP contribution is 2.17. The molecule has 6 nitrogen and oxygen atoms in total. The zero-order chi connectivity index (χ0) is 20.1. The molecule has 0 unspecified atom stereocenters. The fourth-order valence-corrected chi connectivity index (χ4v) is 2.93. The van der Waals surface area contributed by atoms with Gasteiger partial charge in [0.1, 0.15) is 6.04 Å². The Kier molecular flexibility index (Phi) is 6.09. The predicted molar refractivity (Wildman–Crippen MR) is 110 cm³/mol. The van der Waals surface area contributed by atoms with Crippen LogP contribution in [0.15, 0.2) is 54.9 Å². The maximum Gasteiger partial charge on any atom is 0.251 e. The van der Waals surface area contributed by atoms with Crippen molar-refractivity contribution in [1.29, 1.82) is 0 Å². The van der Waals surface area contributed by atoms with Crippen molar-refractivity contribution in [3.8, 4) is 0 Å². The molecule has 28 heavy (non-hydrogen) atoms. The van der Waals surface area contributed by atoms with Gasteiger partial charge in [-0.1, -0.05) is 31.2 Å². The number of rotatable bonds is 7. The fraction of sp³-hybridized carbons (Fsp3) is 0.318. The number of nitrogens with zero attached hydrogens (tertiary/aromatic N) is 2. The minimum atomic E-state index is -0.368. The fourth-order valence-electron chi connectivity index (χ4n) is 2.93. The highest BCUT2D eigenvalue weighted by Gasteiger charge is 2.17. The first-order chi connectivity index (χ1) is 13.5. The zero-order valence-electron chi connectivity index (χ0n) is 16.5. The summed E-state index contributed by atoms with van der Waals surface area (Å²) in [5, 5.41) is 5.90. The average Bonchev–Trinajstić information content (AvgIpc) is 3.15. The first-order valence-electron chi connectivity index (χ1n) is 9.58. The van der Waals surface area contributed by atoms with Crippen LogP contribution in [0.2, 0.25) is 0 Å². The molecule has 0 saturated carbocycles. The number of amides is 2. The Morgan fingerprint density at radius 3 is 2.50 bits per heavy atom. The molecule has 3 rings (SSSR count). The number of aromatic nitrogens is 2. The van der Waals surface area contributed by atoms with Crippen molar-refractivity contribution in [2.45, 2.75) is 45.8 Å². The molecule has 0 bridgehead atoms. The van der Waals surface area contributed by atoms with Gasteiger partial charge in [0.15, 0.2) is 0 Å². The smallest absolute Gasteiger partial charge is 0.251 e. The molecule has 2 aromatic carbocycles. The third kappa shape index (κ3) is 4.39. The Morgan fingerprint density at radius 2 is 1.79 bits per heavy atom. The van der Waals surface area contributed by atoms with Crippen molar-refractivity contribution < 1.29 is 9.59 Å². The maximum atomic E-state index is 12.6. The first-order valence-corrected chi connectivity index (χ1v) is 9.58. The minimum Gasteiger partial charge on any atom is -0.350 e. The number of carbonyl (C=O) groups excluding carboxylic acids is 2. The van der Waals surface area contributed by atoms with E-state index in [1.165, 1.54) is 0 Å². The van der Waals surface area contributed by atoms with Gasteiger partial charge in [-0.05, 0) is 50.1 Å². The van der Waals surface area contributed by atoms with Gasteiger partial charge < -0.3 is 15.2 Å². The molecule has 0 radical (unpaired) electrons. The summed E-state index contributed by atoms with van der Waals surface area (Å²) in [6, 6.07) is 14.8. The molecular formula is C22H26N4O2. The van der Waals surface area contributed by atoms with E-state index in [0.717, 1.165) is 23.0 Å². The van der Waals surface area contributed by atoms with Crippen LogP contribution in [-0.2, 0) is 11.3 Å². The Labute approximate surface area is 165 Å². The zero-order valence-corrected chi connectivity index (χ0v) is 16.5. The van der Waals surface area contributed by atoms with Crippen LogP contribution in [0.5, 0.6) is 0 Å². The number of hydrogen-bond donors (Lipinski definition) is 2. The topological polar surface area (TPSA) is 76.0 Å². The summed E-state index contributed by atoms with van der Waals surface area (Å²) < 4.78 is 1.87. The highest BCUT2D eigenvalue weighted by atomic mass is 16.2. The van der Waals surface area contributed by atoms with E-state index in [1.807, 2.05) is 61.7 Å². The molecule has 3 aromatic rings. The van der Waals surface area contributed by atoms with E-state index in [1.54, 1.807) is 18.5 Å². The lowest BCUT2D eigenvalue weighted by atomic mass is 10.1. The van der Waals surface area contributed by atoms with E-state index in [-0.39, 0.29) is 23.9 Å². The lowest BCUT2D eigenvalue weighted by Crippen LogP contribution is -2.32. The molecule has 0 fully saturated rings. The van der Waals surface area contributed by atoms with Crippen molar-refractivity contribution in [3.63, 3.8) is 0 Å². The van der Waals surface area contributed by atoms with Gasteiger partial charge in [-0.25, -0.2) is 4.98 Å². The van der Waals surface area contributed by atoms with Crippen molar-refractivity contribution in [2.24, 2.45) is 0 Å². The second-order valence-electron chi connectivity index (χ2n) is 7.01. The lowest BCUT2D eigenvalue weighted by molar-refractivity contribution is -0.123. The second kappa shape index (κ2) is 8.69. The van der Waals surface area contributed by atoms with Crippen LogP contribution < -0.4 is 10.6 Å². The number of benzene rings is 2. The number of imidazole rings is 1. The van der Waals surface area contributed by atoms with Crippen LogP contribution in [-0.4, -0.2) is 27.4 Å². The quantitative estimate of drug-likeness (QED) is 0.661. The van der Waals surface area contributed by atoms with E-state index >= 15 is 0 Å². The molecule has 1 aromatic heterocycles. The summed E-state index contributed by atoms with van der Waals surface area (Å²) >= 11 is 0.